The predicted molar refractivity (Wildman–Crippen MR) is 132 cm³/mol. The highest BCUT2D eigenvalue weighted by Crippen LogP contribution is 2.59. The monoisotopic (exact) mass is 479 g/mol. The molecule has 1 aromatic rings. The van der Waals surface area contributed by atoms with Crippen LogP contribution >= 0.6 is 0 Å². The van der Waals surface area contributed by atoms with Crippen LogP contribution in [0.5, 0.6) is 5.75 Å². The maximum Gasteiger partial charge on any atom is 0.415 e. The molecule has 1 N–H and O–H groups in total. The summed E-state index contributed by atoms with van der Waals surface area (Å²) in [5.41, 5.74) is 3.80. The molecule has 4 fully saturated rings. The fraction of sp³-hybridized carbons (Fsp3) is 0.679. The van der Waals surface area contributed by atoms with E-state index in [0.717, 1.165) is 70.0 Å². The van der Waals surface area contributed by atoms with E-state index in [0.29, 0.717) is 43.0 Å². The molecule has 2 saturated heterocycles. The third-order valence-electron chi connectivity index (χ3n) is 10.0. The Labute approximate surface area is 207 Å². The zero-order chi connectivity index (χ0) is 24.2. The van der Waals surface area contributed by atoms with E-state index >= 15 is 0 Å². The summed E-state index contributed by atoms with van der Waals surface area (Å²) in [5.74, 6) is 2.68. The number of nitrogens with zero attached hydrogens (tertiary/aromatic N) is 3. The fourth-order valence-corrected chi connectivity index (χ4v) is 8.16. The maximum absolute atomic E-state index is 12.9. The molecule has 5 aliphatic rings. The van der Waals surface area contributed by atoms with Gasteiger partial charge in [-0.2, -0.15) is 0 Å². The van der Waals surface area contributed by atoms with Crippen molar-refractivity contribution >= 4 is 17.7 Å². The Hall–Kier alpha value is -2.57. The van der Waals surface area contributed by atoms with Crippen molar-refractivity contribution in [2.45, 2.75) is 83.1 Å². The molecule has 0 bridgehead atoms. The Morgan fingerprint density at radius 2 is 1.91 bits per heavy atom. The van der Waals surface area contributed by atoms with Crippen molar-refractivity contribution in [2.24, 2.45) is 22.4 Å². The van der Waals surface area contributed by atoms with Gasteiger partial charge in [0.25, 0.3) is 0 Å². The highest BCUT2D eigenvalue weighted by atomic mass is 16.6. The van der Waals surface area contributed by atoms with Crippen LogP contribution in [0.15, 0.2) is 23.4 Å². The summed E-state index contributed by atoms with van der Waals surface area (Å²) in [4.78, 5) is 28.7. The van der Waals surface area contributed by atoms with E-state index in [9.17, 15) is 14.8 Å². The van der Waals surface area contributed by atoms with Crippen molar-refractivity contribution in [3.8, 4) is 5.75 Å². The fourth-order valence-electron chi connectivity index (χ4n) is 8.16. The molecule has 2 heterocycles. The van der Waals surface area contributed by atoms with Crippen LogP contribution in [0.25, 0.3) is 0 Å². The number of carbonyl (C=O) groups excluding carboxylic acids is 2. The van der Waals surface area contributed by atoms with E-state index < -0.39 is 0 Å². The first-order valence-electron chi connectivity index (χ1n) is 13.6. The lowest BCUT2D eigenvalue weighted by Crippen LogP contribution is -2.47. The number of benzene rings is 1. The standard InChI is InChI=1S/C28H37N3O4/c1-28-13-10-22-21-7-5-20(17-18(21)4-6-23(22)24(28)8-9-25(28)29-34)35-27(33)30-15-11-19(12-16-30)31-14-2-3-26(31)32/h5,7,17,19,22-24,34H,2-4,6,8-16H2,1H3/b29-25-. The predicted octanol–water partition coefficient (Wildman–Crippen LogP) is 4.96. The molecule has 188 valence electrons. The number of likely N-dealkylation sites (tertiary alicyclic amines) is 2. The van der Waals surface area contributed by atoms with Gasteiger partial charge in [-0.1, -0.05) is 18.1 Å². The van der Waals surface area contributed by atoms with Crippen LogP contribution in [-0.2, 0) is 11.2 Å². The number of hydrogen-bond acceptors (Lipinski definition) is 5. The second-order valence-corrected chi connectivity index (χ2v) is 11.6. The summed E-state index contributed by atoms with van der Waals surface area (Å²) in [6.07, 6.45) is 9.42. The summed E-state index contributed by atoms with van der Waals surface area (Å²) in [6.45, 7) is 4.45. The molecule has 35 heavy (non-hydrogen) atoms. The molecule has 0 radical (unpaired) electrons. The molecular weight excluding hydrogens is 442 g/mol. The molecule has 7 nitrogen and oxygen atoms in total. The van der Waals surface area contributed by atoms with Gasteiger partial charge in [0.05, 0.1) is 5.71 Å². The zero-order valence-electron chi connectivity index (χ0n) is 20.7. The second-order valence-electron chi connectivity index (χ2n) is 11.6. The number of aryl methyl sites for hydroxylation is 1. The van der Waals surface area contributed by atoms with Gasteiger partial charge in [0.1, 0.15) is 5.75 Å². The van der Waals surface area contributed by atoms with Crippen molar-refractivity contribution in [1.82, 2.24) is 9.80 Å². The van der Waals surface area contributed by atoms with E-state index in [4.69, 9.17) is 4.74 Å². The normalized spacial score (nSPS) is 34.0. The second kappa shape index (κ2) is 8.82. The zero-order valence-corrected chi connectivity index (χ0v) is 20.7. The summed E-state index contributed by atoms with van der Waals surface area (Å²) in [5, 5.41) is 13.2. The van der Waals surface area contributed by atoms with E-state index in [1.165, 1.54) is 11.1 Å². The van der Waals surface area contributed by atoms with Crippen molar-refractivity contribution in [3.63, 3.8) is 0 Å². The van der Waals surface area contributed by atoms with Crippen molar-refractivity contribution in [1.29, 1.82) is 0 Å². The van der Waals surface area contributed by atoms with Gasteiger partial charge in [-0.3, -0.25) is 4.79 Å². The molecule has 2 amide bonds. The van der Waals surface area contributed by atoms with Gasteiger partial charge in [-0.15, -0.1) is 0 Å². The molecular formula is C28H37N3O4. The summed E-state index contributed by atoms with van der Waals surface area (Å²) in [6, 6.07) is 6.52. The van der Waals surface area contributed by atoms with E-state index in [1.54, 1.807) is 4.90 Å². The Balaban J connectivity index is 1.10. The van der Waals surface area contributed by atoms with Crippen LogP contribution < -0.4 is 4.74 Å². The van der Waals surface area contributed by atoms with Crippen LogP contribution in [0.1, 0.15) is 81.8 Å². The van der Waals surface area contributed by atoms with Gasteiger partial charge in [0.15, 0.2) is 0 Å². The number of hydrogen-bond donors (Lipinski definition) is 1. The topological polar surface area (TPSA) is 82.4 Å². The van der Waals surface area contributed by atoms with Gasteiger partial charge in [0, 0.05) is 37.5 Å². The van der Waals surface area contributed by atoms with Crippen LogP contribution in [0.3, 0.4) is 0 Å². The first-order chi connectivity index (χ1) is 17.0. The van der Waals surface area contributed by atoms with Crippen molar-refractivity contribution < 1.29 is 19.5 Å². The minimum Gasteiger partial charge on any atom is -0.411 e. The Kier molecular flexibility index (Phi) is 5.76. The first kappa shape index (κ1) is 22.9. The lowest BCUT2D eigenvalue weighted by Gasteiger charge is -2.49. The third-order valence-corrected chi connectivity index (χ3v) is 10.0. The Morgan fingerprint density at radius 1 is 1.09 bits per heavy atom. The van der Waals surface area contributed by atoms with Crippen LogP contribution in [0.2, 0.25) is 0 Å². The van der Waals surface area contributed by atoms with Gasteiger partial charge < -0.3 is 19.7 Å². The molecule has 7 heteroatoms. The Bertz CT molecular complexity index is 1050. The van der Waals surface area contributed by atoms with Crippen molar-refractivity contribution in [2.75, 3.05) is 19.6 Å². The van der Waals surface area contributed by atoms with E-state index in [-0.39, 0.29) is 23.5 Å². The number of amides is 2. The summed E-state index contributed by atoms with van der Waals surface area (Å²) in [7, 11) is 0. The van der Waals surface area contributed by atoms with E-state index in [2.05, 4.69) is 24.2 Å². The average Bonchev–Trinajstić information content (AvgIpc) is 3.46. The van der Waals surface area contributed by atoms with Crippen molar-refractivity contribution in [3.05, 3.63) is 29.3 Å². The number of rotatable bonds is 2. The van der Waals surface area contributed by atoms with Gasteiger partial charge >= 0.3 is 6.09 Å². The number of piperidine rings is 1. The molecule has 2 aliphatic heterocycles. The minimum absolute atomic E-state index is 0.0540. The summed E-state index contributed by atoms with van der Waals surface area (Å²) >= 11 is 0. The van der Waals surface area contributed by atoms with Gasteiger partial charge in [-0.25, -0.2) is 4.79 Å². The average molecular weight is 480 g/mol. The quantitative estimate of drug-likeness (QED) is 0.480. The molecule has 2 saturated carbocycles. The highest BCUT2D eigenvalue weighted by Gasteiger charge is 2.53. The third kappa shape index (κ3) is 3.82. The molecule has 0 aromatic heterocycles. The summed E-state index contributed by atoms with van der Waals surface area (Å²) < 4.78 is 5.81. The molecule has 1 aromatic carbocycles. The van der Waals surface area contributed by atoms with Gasteiger partial charge in [0.2, 0.25) is 5.91 Å². The molecule has 3 aliphatic carbocycles. The lowest BCUT2D eigenvalue weighted by molar-refractivity contribution is -0.130. The number of fused-ring (bicyclic) bond motifs is 5. The van der Waals surface area contributed by atoms with Crippen LogP contribution in [0, 0.1) is 17.3 Å². The number of ether oxygens (including phenoxy) is 1. The van der Waals surface area contributed by atoms with Crippen LogP contribution in [-0.4, -0.2) is 58.4 Å². The smallest absolute Gasteiger partial charge is 0.411 e. The largest absolute Gasteiger partial charge is 0.415 e. The minimum atomic E-state index is -0.278. The molecule has 6 rings (SSSR count). The molecule has 4 unspecified atom stereocenters. The molecule has 0 spiro atoms. The highest BCUT2D eigenvalue weighted by molar-refractivity contribution is 5.92. The van der Waals surface area contributed by atoms with E-state index in [1.807, 2.05) is 11.0 Å². The number of carbonyl (C=O) groups is 2. The molecule has 4 atom stereocenters. The number of oxime groups is 1. The Morgan fingerprint density at radius 3 is 2.66 bits per heavy atom. The van der Waals surface area contributed by atoms with Gasteiger partial charge in [-0.05, 0) is 98.8 Å². The maximum atomic E-state index is 12.9. The lowest BCUT2D eigenvalue weighted by atomic mass is 9.55. The van der Waals surface area contributed by atoms with Crippen LogP contribution in [0.4, 0.5) is 4.79 Å². The SMILES string of the molecule is CC12CCC3c4ccc(OC(=O)N5CCC(N6CCCC6=O)CC5)cc4CCC3C1CC/C2=N/O. The first-order valence-corrected chi connectivity index (χ1v) is 13.6.